The Hall–Kier alpha value is -2.24. The third-order valence-electron chi connectivity index (χ3n) is 4.93. The van der Waals surface area contributed by atoms with Crippen molar-refractivity contribution in [2.24, 2.45) is 0 Å². The van der Waals surface area contributed by atoms with Gasteiger partial charge in [0.25, 0.3) is 0 Å². The summed E-state index contributed by atoms with van der Waals surface area (Å²) in [6.45, 7) is 5.45. The van der Waals surface area contributed by atoms with Gasteiger partial charge in [-0.05, 0) is 37.8 Å². The fourth-order valence-electron chi connectivity index (χ4n) is 3.56. The zero-order valence-electron chi connectivity index (χ0n) is 15.0. The van der Waals surface area contributed by atoms with Gasteiger partial charge in [0.15, 0.2) is 11.5 Å². The number of nitrogens with zero attached hydrogens (tertiary/aromatic N) is 2. The van der Waals surface area contributed by atoms with Crippen LogP contribution < -0.4 is 14.4 Å². The van der Waals surface area contributed by atoms with Gasteiger partial charge in [-0.2, -0.15) is 0 Å². The SMILES string of the molecule is CCC1CCCCN1C(=O)CN(C(C)=O)c1ccc2c(c1)OCCO2. The highest BCUT2D eigenvalue weighted by molar-refractivity contribution is 5.97. The molecule has 0 saturated carbocycles. The largest absolute Gasteiger partial charge is 0.486 e. The van der Waals surface area contributed by atoms with E-state index in [0.717, 1.165) is 25.8 Å². The van der Waals surface area contributed by atoms with Gasteiger partial charge in [0, 0.05) is 31.3 Å². The predicted octanol–water partition coefficient (Wildman–Crippen LogP) is 2.60. The zero-order valence-corrected chi connectivity index (χ0v) is 15.0. The van der Waals surface area contributed by atoms with Crippen LogP contribution in [0.2, 0.25) is 0 Å². The predicted molar refractivity (Wildman–Crippen MR) is 95.1 cm³/mol. The van der Waals surface area contributed by atoms with E-state index >= 15 is 0 Å². The second-order valence-corrected chi connectivity index (χ2v) is 6.58. The first-order chi connectivity index (χ1) is 12.1. The Morgan fingerprint density at radius 2 is 1.96 bits per heavy atom. The number of amides is 2. The van der Waals surface area contributed by atoms with E-state index in [1.807, 2.05) is 4.90 Å². The fourth-order valence-corrected chi connectivity index (χ4v) is 3.56. The minimum Gasteiger partial charge on any atom is -0.486 e. The van der Waals surface area contributed by atoms with Gasteiger partial charge in [-0.3, -0.25) is 9.59 Å². The van der Waals surface area contributed by atoms with Crippen LogP contribution in [0.1, 0.15) is 39.5 Å². The molecule has 2 aliphatic heterocycles. The summed E-state index contributed by atoms with van der Waals surface area (Å²) >= 11 is 0. The molecule has 0 radical (unpaired) electrons. The third kappa shape index (κ3) is 3.89. The Kier molecular flexibility index (Phi) is 5.46. The number of piperidine rings is 1. The van der Waals surface area contributed by atoms with Crippen molar-refractivity contribution < 1.29 is 19.1 Å². The molecule has 0 bridgehead atoms. The van der Waals surface area contributed by atoms with E-state index in [2.05, 4.69) is 6.92 Å². The topological polar surface area (TPSA) is 59.1 Å². The number of ether oxygens (including phenoxy) is 2. The summed E-state index contributed by atoms with van der Waals surface area (Å²) in [5.41, 5.74) is 0.662. The maximum atomic E-state index is 12.8. The zero-order chi connectivity index (χ0) is 17.8. The summed E-state index contributed by atoms with van der Waals surface area (Å²) in [5.74, 6) is 1.14. The quantitative estimate of drug-likeness (QED) is 0.841. The molecule has 2 aliphatic rings. The van der Waals surface area contributed by atoms with Crippen LogP contribution in [0.5, 0.6) is 11.5 Å². The molecule has 6 heteroatoms. The molecule has 1 saturated heterocycles. The number of likely N-dealkylation sites (tertiary alicyclic amines) is 1. The van der Waals surface area contributed by atoms with Crippen molar-refractivity contribution in [3.05, 3.63) is 18.2 Å². The van der Waals surface area contributed by atoms with Crippen molar-refractivity contribution in [1.29, 1.82) is 0 Å². The monoisotopic (exact) mass is 346 g/mol. The van der Waals surface area contributed by atoms with Gasteiger partial charge in [0.1, 0.15) is 19.8 Å². The van der Waals surface area contributed by atoms with Crippen LogP contribution in [-0.4, -0.2) is 49.1 Å². The standard InChI is InChI=1S/C19H26N2O4/c1-3-15-6-4-5-9-20(15)19(23)13-21(14(2)22)16-7-8-17-18(12-16)25-11-10-24-17/h7-8,12,15H,3-6,9-11,13H2,1-2H3. The maximum absolute atomic E-state index is 12.8. The molecule has 1 unspecified atom stereocenters. The average Bonchev–Trinajstić information content (AvgIpc) is 2.65. The summed E-state index contributed by atoms with van der Waals surface area (Å²) in [7, 11) is 0. The van der Waals surface area contributed by atoms with Gasteiger partial charge in [0.2, 0.25) is 11.8 Å². The van der Waals surface area contributed by atoms with E-state index in [-0.39, 0.29) is 24.4 Å². The lowest BCUT2D eigenvalue weighted by Gasteiger charge is -2.36. The van der Waals surface area contributed by atoms with Gasteiger partial charge < -0.3 is 19.3 Å². The minimum absolute atomic E-state index is 0.0108. The van der Waals surface area contributed by atoms with Gasteiger partial charge in [-0.1, -0.05) is 6.92 Å². The minimum atomic E-state index is -0.157. The number of carbonyl (C=O) groups is 2. The number of carbonyl (C=O) groups excluding carboxylic acids is 2. The molecule has 1 fully saturated rings. The van der Waals surface area contributed by atoms with Crippen LogP contribution in [0.15, 0.2) is 18.2 Å². The molecule has 136 valence electrons. The van der Waals surface area contributed by atoms with E-state index in [4.69, 9.17) is 9.47 Å². The normalized spacial score (nSPS) is 19.4. The van der Waals surface area contributed by atoms with Crippen molar-refractivity contribution in [3.63, 3.8) is 0 Å². The molecule has 2 heterocycles. The number of fused-ring (bicyclic) bond motifs is 1. The van der Waals surface area contributed by atoms with E-state index in [0.29, 0.717) is 30.4 Å². The summed E-state index contributed by atoms with van der Waals surface area (Å²) < 4.78 is 11.1. The molecule has 0 N–H and O–H groups in total. The Bertz CT molecular complexity index is 646. The number of rotatable bonds is 4. The van der Waals surface area contributed by atoms with Gasteiger partial charge in [-0.15, -0.1) is 0 Å². The molecule has 6 nitrogen and oxygen atoms in total. The van der Waals surface area contributed by atoms with Gasteiger partial charge >= 0.3 is 0 Å². The van der Waals surface area contributed by atoms with E-state index in [1.54, 1.807) is 18.2 Å². The lowest BCUT2D eigenvalue weighted by Crippen LogP contribution is -2.48. The molecule has 2 amide bonds. The van der Waals surface area contributed by atoms with Crippen LogP contribution in [0, 0.1) is 0 Å². The Labute approximate surface area is 148 Å². The maximum Gasteiger partial charge on any atom is 0.242 e. The first-order valence-electron chi connectivity index (χ1n) is 9.07. The Morgan fingerprint density at radius 3 is 2.68 bits per heavy atom. The lowest BCUT2D eigenvalue weighted by atomic mass is 10.00. The number of hydrogen-bond donors (Lipinski definition) is 0. The molecule has 3 rings (SSSR count). The van der Waals surface area contributed by atoms with E-state index in [1.165, 1.54) is 18.2 Å². The molecule has 1 aromatic rings. The summed E-state index contributed by atoms with van der Waals surface area (Å²) in [5, 5.41) is 0. The second kappa shape index (κ2) is 7.76. The van der Waals surface area contributed by atoms with Gasteiger partial charge in [-0.25, -0.2) is 0 Å². The van der Waals surface area contributed by atoms with Crippen LogP contribution in [0.4, 0.5) is 5.69 Å². The number of anilines is 1. The highest BCUT2D eigenvalue weighted by atomic mass is 16.6. The molecular weight excluding hydrogens is 320 g/mol. The number of benzene rings is 1. The summed E-state index contributed by atoms with van der Waals surface area (Å²) in [6, 6.07) is 5.65. The van der Waals surface area contributed by atoms with Crippen LogP contribution in [0.3, 0.4) is 0 Å². The van der Waals surface area contributed by atoms with E-state index in [9.17, 15) is 9.59 Å². The third-order valence-corrected chi connectivity index (χ3v) is 4.93. The molecule has 0 spiro atoms. The molecule has 0 aromatic heterocycles. The Morgan fingerprint density at radius 1 is 1.20 bits per heavy atom. The van der Waals surface area contributed by atoms with Crippen molar-refractivity contribution in [2.75, 3.05) is 31.2 Å². The van der Waals surface area contributed by atoms with E-state index < -0.39 is 0 Å². The molecule has 1 aromatic carbocycles. The highest BCUT2D eigenvalue weighted by Crippen LogP contribution is 2.34. The van der Waals surface area contributed by atoms with Crippen LogP contribution in [-0.2, 0) is 9.59 Å². The van der Waals surface area contributed by atoms with Crippen LogP contribution in [0.25, 0.3) is 0 Å². The van der Waals surface area contributed by atoms with Crippen molar-refractivity contribution in [2.45, 2.75) is 45.6 Å². The lowest BCUT2D eigenvalue weighted by molar-refractivity contribution is -0.134. The molecule has 1 atom stereocenters. The smallest absolute Gasteiger partial charge is 0.242 e. The highest BCUT2D eigenvalue weighted by Gasteiger charge is 2.28. The Balaban J connectivity index is 1.77. The second-order valence-electron chi connectivity index (χ2n) is 6.58. The summed E-state index contributed by atoms with van der Waals surface area (Å²) in [4.78, 5) is 28.4. The van der Waals surface area contributed by atoms with Crippen molar-refractivity contribution >= 4 is 17.5 Å². The summed E-state index contributed by atoms with van der Waals surface area (Å²) in [6.07, 6.45) is 4.20. The first-order valence-corrected chi connectivity index (χ1v) is 9.07. The molecular formula is C19H26N2O4. The van der Waals surface area contributed by atoms with Gasteiger partial charge in [0.05, 0.1) is 0 Å². The van der Waals surface area contributed by atoms with Crippen molar-refractivity contribution in [1.82, 2.24) is 4.90 Å². The van der Waals surface area contributed by atoms with Crippen molar-refractivity contribution in [3.8, 4) is 11.5 Å². The average molecular weight is 346 g/mol. The molecule has 25 heavy (non-hydrogen) atoms. The van der Waals surface area contributed by atoms with Crippen LogP contribution >= 0.6 is 0 Å². The fraction of sp³-hybridized carbons (Fsp3) is 0.579. The first kappa shape index (κ1) is 17.6. The molecule has 0 aliphatic carbocycles. The number of hydrogen-bond acceptors (Lipinski definition) is 4.